The molecule has 8 heteroatoms. The number of aryl methyl sites for hydroxylation is 1. The zero-order valence-electron chi connectivity index (χ0n) is 13.6. The number of aromatic carboxylic acids is 1. The van der Waals surface area contributed by atoms with Crippen molar-refractivity contribution in [2.75, 3.05) is 11.3 Å². The molecule has 0 fully saturated rings. The molecule has 0 saturated carbocycles. The molecule has 25 heavy (non-hydrogen) atoms. The molecule has 2 N–H and O–H groups in total. The van der Waals surface area contributed by atoms with E-state index in [1.54, 1.807) is 13.8 Å². The second kappa shape index (κ2) is 7.35. The van der Waals surface area contributed by atoms with E-state index in [4.69, 9.17) is 9.84 Å². The lowest BCUT2D eigenvalue weighted by Gasteiger charge is -2.11. The number of rotatable bonds is 6. The van der Waals surface area contributed by atoms with Gasteiger partial charge in [-0.1, -0.05) is 6.07 Å². The minimum Gasteiger partial charge on any atom is -0.478 e. The Labute approximate surface area is 145 Å². The van der Waals surface area contributed by atoms with Crippen molar-refractivity contribution in [3.63, 3.8) is 0 Å². The number of hydrogen-bond acceptors (Lipinski definition) is 5. The predicted molar refractivity (Wildman–Crippen MR) is 91.3 cm³/mol. The van der Waals surface area contributed by atoms with Crippen molar-refractivity contribution in [1.82, 2.24) is 0 Å². The van der Waals surface area contributed by atoms with E-state index in [1.807, 2.05) is 0 Å². The molecule has 0 aliphatic rings. The van der Waals surface area contributed by atoms with Gasteiger partial charge >= 0.3 is 11.9 Å². The van der Waals surface area contributed by atoms with Gasteiger partial charge in [0, 0.05) is 5.69 Å². The summed E-state index contributed by atoms with van der Waals surface area (Å²) >= 11 is 0. The Kier molecular flexibility index (Phi) is 5.43. The van der Waals surface area contributed by atoms with E-state index in [9.17, 15) is 18.0 Å². The highest BCUT2D eigenvalue weighted by Gasteiger charge is 2.19. The third-order valence-electron chi connectivity index (χ3n) is 3.37. The fourth-order valence-electron chi connectivity index (χ4n) is 2.12. The number of anilines is 1. The van der Waals surface area contributed by atoms with Gasteiger partial charge in [-0.15, -0.1) is 0 Å². The summed E-state index contributed by atoms with van der Waals surface area (Å²) in [6.07, 6.45) is 0. The number of sulfonamides is 1. The lowest BCUT2D eigenvalue weighted by atomic mass is 10.1. The molecule has 0 radical (unpaired) electrons. The van der Waals surface area contributed by atoms with Crippen molar-refractivity contribution in [3.8, 4) is 0 Å². The topological polar surface area (TPSA) is 110 Å². The van der Waals surface area contributed by atoms with Crippen LogP contribution in [0.3, 0.4) is 0 Å². The van der Waals surface area contributed by atoms with Crippen molar-refractivity contribution in [3.05, 3.63) is 59.2 Å². The van der Waals surface area contributed by atoms with Crippen molar-refractivity contribution >= 4 is 27.6 Å². The monoisotopic (exact) mass is 363 g/mol. The molecule has 0 heterocycles. The molecule has 2 rings (SSSR count). The Bertz CT molecular complexity index is 903. The third kappa shape index (κ3) is 4.36. The number of esters is 1. The highest BCUT2D eigenvalue weighted by molar-refractivity contribution is 7.92. The van der Waals surface area contributed by atoms with Crippen LogP contribution in [0.15, 0.2) is 47.4 Å². The van der Waals surface area contributed by atoms with Crippen molar-refractivity contribution in [2.45, 2.75) is 18.7 Å². The Morgan fingerprint density at radius 2 is 1.68 bits per heavy atom. The summed E-state index contributed by atoms with van der Waals surface area (Å²) in [6, 6.07) is 9.62. The summed E-state index contributed by atoms with van der Waals surface area (Å²) in [5.41, 5.74) is 0.839. The molecule has 7 nitrogen and oxygen atoms in total. The lowest BCUT2D eigenvalue weighted by Crippen LogP contribution is -2.15. The first kappa shape index (κ1) is 18.5. The molecule has 0 spiro atoms. The summed E-state index contributed by atoms with van der Waals surface area (Å²) in [5.74, 6) is -1.71. The molecule has 0 aromatic heterocycles. The van der Waals surface area contributed by atoms with Crippen LogP contribution in [0, 0.1) is 6.92 Å². The van der Waals surface area contributed by atoms with Gasteiger partial charge in [-0.3, -0.25) is 4.72 Å². The molecule has 0 amide bonds. The maximum atomic E-state index is 12.5. The molecule has 2 aromatic carbocycles. The smallest absolute Gasteiger partial charge is 0.338 e. The van der Waals surface area contributed by atoms with Crippen LogP contribution in [0.2, 0.25) is 0 Å². The highest BCUT2D eigenvalue weighted by Crippen LogP contribution is 2.21. The van der Waals surface area contributed by atoms with Crippen LogP contribution in [0.5, 0.6) is 0 Å². The van der Waals surface area contributed by atoms with Gasteiger partial charge in [0.15, 0.2) is 0 Å². The Hall–Kier alpha value is -2.87. The van der Waals surface area contributed by atoms with E-state index in [1.165, 1.54) is 36.4 Å². The Morgan fingerprint density at radius 1 is 1.08 bits per heavy atom. The van der Waals surface area contributed by atoms with Crippen LogP contribution < -0.4 is 4.72 Å². The number of carboxylic acids is 1. The molecule has 2 aromatic rings. The van der Waals surface area contributed by atoms with Crippen LogP contribution in [0.25, 0.3) is 0 Å². The molecular formula is C17H17NO6S. The number of carbonyl (C=O) groups is 2. The van der Waals surface area contributed by atoms with E-state index in [0.717, 1.165) is 6.07 Å². The zero-order chi connectivity index (χ0) is 18.6. The quantitative estimate of drug-likeness (QED) is 0.764. The first-order valence-corrected chi connectivity index (χ1v) is 8.87. The fraction of sp³-hybridized carbons (Fsp3) is 0.176. The number of carboxylic acid groups (broad SMARTS) is 1. The van der Waals surface area contributed by atoms with Gasteiger partial charge in [-0.25, -0.2) is 18.0 Å². The standard InChI is InChI=1S/C17H17NO6S/c1-3-24-17(21)12-6-8-14(9-7-12)18-25(22,23)15-10-13(16(19)20)5-4-11(15)2/h4-10,18H,3H2,1-2H3,(H,19,20). The number of carbonyl (C=O) groups excluding carboxylic acids is 1. The largest absolute Gasteiger partial charge is 0.478 e. The van der Waals surface area contributed by atoms with E-state index < -0.39 is 22.0 Å². The average Bonchev–Trinajstić information content (AvgIpc) is 2.55. The maximum absolute atomic E-state index is 12.5. The van der Waals surface area contributed by atoms with Crippen molar-refractivity contribution < 1.29 is 27.9 Å². The molecule has 0 atom stereocenters. The second-order valence-corrected chi connectivity index (χ2v) is 6.84. The summed E-state index contributed by atoms with van der Waals surface area (Å²) in [4.78, 5) is 22.5. The fourth-order valence-corrected chi connectivity index (χ4v) is 3.45. The van der Waals surface area contributed by atoms with Gasteiger partial charge in [-0.2, -0.15) is 0 Å². The van der Waals surface area contributed by atoms with Gasteiger partial charge in [0.1, 0.15) is 0 Å². The first-order chi connectivity index (χ1) is 11.7. The van der Waals surface area contributed by atoms with Gasteiger partial charge < -0.3 is 9.84 Å². The maximum Gasteiger partial charge on any atom is 0.338 e. The van der Waals surface area contributed by atoms with E-state index >= 15 is 0 Å². The molecule has 0 bridgehead atoms. The van der Waals surface area contributed by atoms with Crippen molar-refractivity contribution in [2.24, 2.45) is 0 Å². The number of hydrogen-bond donors (Lipinski definition) is 2. The average molecular weight is 363 g/mol. The molecule has 132 valence electrons. The van der Waals surface area contributed by atoms with Gasteiger partial charge in [0.05, 0.1) is 22.6 Å². The van der Waals surface area contributed by atoms with Crippen LogP contribution >= 0.6 is 0 Å². The number of benzene rings is 2. The molecule has 0 aliphatic carbocycles. The lowest BCUT2D eigenvalue weighted by molar-refractivity contribution is 0.0526. The Morgan fingerprint density at radius 3 is 2.24 bits per heavy atom. The molecular weight excluding hydrogens is 346 g/mol. The van der Waals surface area contributed by atoms with Gasteiger partial charge in [0.2, 0.25) is 0 Å². The minimum atomic E-state index is -3.97. The highest BCUT2D eigenvalue weighted by atomic mass is 32.2. The first-order valence-electron chi connectivity index (χ1n) is 7.38. The molecule has 0 unspecified atom stereocenters. The van der Waals surface area contributed by atoms with E-state index in [2.05, 4.69) is 4.72 Å². The van der Waals surface area contributed by atoms with E-state index in [-0.39, 0.29) is 22.8 Å². The third-order valence-corrected chi connectivity index (χ3v) is 4.90. The second-order valence-electron chi connectivity index (χ2n) is 5.19. The van der Waals surface area contributed by atoms with Gasteiger partial charge in [-0.05, 0) is 55.8 Å². The summed E-state index contributed by atoms with van der Waals surface area (Å²) < 4.78 is 32.3. The summed E-state index contributed by atoms with van der Waals surface area (Å²) in [6.45, 7) is 3.50. The summed E-state index contributed by atoms with van der Waals surface area (Å²) in [7, 11) is -3.97. The normalized spacial score (nSPS) is 11.0. The number of ether oxygens (including phenoxy) is 1. The Balaban J connectivity index is 2.29. The van der Waals surface area contributed by atoms with Gasteiger partial charge in [0.25, 0.3) is 10.0 Å². The van der Waals surface area contributed by atoms with Crippen LogP contribution in [0.1, 0.15) is 33.2 Å². The predicted octanol–water partition coefficient (Wildman–Crippen LogP) is 2.67. The zero-order valence-corrected chi connectivity index (χ0v) is 14.5. The molecule has 0 aliphatic heterocycles. The van der Waals surface area contributed by atoms with Crippen LogP contribution in [0.4, 0.5) is 5.69 Å². The summed E-state index contributed by atoms with van der Waals surface area (Å²) in [5, 5.41) is 9.02. The van der Waals surface area contributed by atoms with E-state index in [0.29, 0.717) is 11.1 Å². The molecule has 0 saturated heterocycles. The van der Waals surface area contributed by atoms with Crippen molar-refractivity contribution in [1.29, 1.82) is 0 Å². The minimum absolute atomic E-state index is 0.122. The number of nitrogens with one attached hydrogen (secondary N) is 1. The van der Waals surface area contributed by atoms with Crippen LogP contribution in [-0.2, 0) is 14.8 Å². The SMILES string of the molecule is CCOC(=O)c1ccc(NS(=O)(=O)c2cc(C(=O)O)ccc2C)cc1. The van der Waals surface area contributed by atoms with Crippen LogP contribution in [-0.4, -0.2) is 32.1 Å².